The first-order valence-corrected chi connectivity index (χ1v) is 7.26. The molecule has 22 heavy (non-hydrogen) atoms. The average Bonchev–Trinajstić information content (AvgIpc) is 2.54. The van der Waals surface area contributed by atoms with Crippen LogP contribution in [-0.4, -0.2) is 19.0 Å². The van der Waals surface area contributed by atoms with E-state index in [1.807, 2.05) is 56.3 Å². The molecule has 0 unspecified atom stereocenters. The van der Waals surface area contributed by atoms with Crippen LogP contribution in [0.5, 0.6) is 0 Å². The fourth-order valence-electron chi connectivity index (χ4n) is 2.52. The zero-order valence-corrected chi connectivity index (χ0v) is 13.0. The number of allylic oxidation sites excluding steroid dienone is 2. The lowest BCUT2D eigenvalue weighted by Crippen LogP contribution is -2.25. The van der Waals surface area contributed by atoms with Gasteiger partial charge in [0.1, 0.15) is 6.61 Å². The molecule has 0 heterocycles. The Labute approximate surface area is 130 Å². The molecular formula is C18H20O4. The Kier molecular flexibility index (Phi) is 5.15. The summed E-state index contributed by atoms with van der Waals surface area (Å²) in [5.41, 5.74) is 1.68. The van der Waals surface area contributed by atoms with Gasteiger partial charge in [-0.05, 0) is 5.56 Å². The fraction of sp³-hybridized carbons (Fsp3) is 0.333. The first-order valence-electron chi connectivity index (χ1n) is 7.26. The number of carbonyl (C=O) groups is 2. The molecule has 0 spiro atoms. The van der Waals surface area contributed by atoms with Crippen molar-refractivity contribution in [2.75, 3.05) is 7.11 Å². The maximum Gasteiger partial charge on any atom is 0.335 e. The van der Waals surface area contributed by atoms with Crippen molar-refractivity contribution in [3.8, 4) is 0 Å². The highest BCUT2D eigenvalue weighted by atomic mass is 16.5. The minimum Gasteiger partial charge on any atom is -0.466 e. The molecule has 1 aromatic rings. The summed E-state index contributed by atoms with van der Waals surface area (Å²) < 4.78 is 10.2. The van der Waals surface area contributed by atoms with Crippen molar-refractivity contribution in [2.24, 2.45) is 11.8 Å². The van der Waals surface area contributed by atoms with E-state index in [0.717, 1.165) is 5.56 Å². The zero-order valence-electron chi connectivity index (χ0n) is 13.0. The van der Waals surface area contributed by atoms with E-state index >= 15 is 0 Å². The van der Waals surface area contributed by atoms with Crippen LogP contribution in [0.15, 0.2) is 53.6 Å². The van der Waals surface area contributed by atoms with E-state index in [0.29, 0.717) is 11.1 Å². The van der Waals surface area contributed by atoms with Crippen LogP contribution in [0.2, 0.25) is 0 Å². The van der Waals surface area contributed by atoms with Gasteiger partial charge in [0, 0.05) is 11.8 Å². The topological polar surface area (TPSA) is 52.6 Å². The van der Waals surface area contributed by atoms with Crippen LogP contribution in [0.25, 0.3) is 0 Å². The summed E-state index contributed by atoms with van der Waals surface area (Å²) in [5.74, 6) is -1.28. The molecule has 116 valence electrons. The van der Waals surface area contributed by atoms with E-state index < -0.39 is 11.9 Å². The van der Waals surface area contributed by atoms with Crippen LogP contribution in [-0.2, 0) is 25.7 Å². The molecule has 0 bridgehead atoms. The van der Waals surface area contributed by atoms with E-state index in [4.69, 9.17) is 9.47 Å². The second-order valence-corrected chi connectivity index (χ2v) is 5.34. The number of methoxy groups -OCH3 is 1. The highest BCUT2D eigenvalue weighted by Gasteiger charge is 2.31. The molecule has 0 fully saturated rings. The van der Waals surface area contributed by atoms with Crippen LogP contribution < -0.4 is 0 Å². The minimum atomic E-state index is -0.477. The number of benzene rings is 1. The number of carbonyl (C=O) groups excluding carboxylic acids is 2. The van der Waals surface area contributed by atoms with Crippen LogP contribution in [0.3, 0.4) is 0 Å². The largest absolute Gasteiger partial charge is 0.466 e. The molecule has 0 N–H and O–H groups in total. The fourth-order valence-corrected chi connectivity index (χ4v) is 2.52. The Hall–Kier alpha value is -2.36. The maximum atomic E-state index is 12.4. The molecule has 1 aliphatic carbocycles. The number of ether oxygens (including phenoxy) is 2. The summed E-state index contributed by atoms with van der Waals surface area (Å²) in [4.78, 5) is 24.4. The lowest BCUT2D eigenvalue weighted by molar-refractivity contribution is -0.142. The van der Waals surface area contributed by atoms with Crippen LogP contribution in [0, 0.1) is 11.8 Å². The molecule has 0 radical (unpaired) electrons. The molecular weight excluding hydrogens is 280 g/mol. The minimum absolute atomic E-state index is 0.164. The molecule has 4 nitrogen and oxygen atoms in total. The average molecular weight is 300 g/mol. The van der Waals surface area contributed by atoms with E-state index in [9.17, 15) is 9.59 Å². The van der Waals surface area contributed by atoms with Crippen LogP contribution in [0.4, 0.5) is 0 Å². The van der Waals surface area contributed by atoms with Gasteiger partial charge in [-0.25, -0.2) is 9.59 Å². The SMILES string of the molecule is COC(=O)C1=C(C(=O)OCc2ccccc2)[C@H](C)C=C[C@@H]1C. The molecule has 0 aromatic heterocycles. The number of hydrogen-bond donors (Lipinski definition) is 0. The lowest BCUT2D eigenvalue weighted by atomic mass is 9.83. The van der Waals surface area contributed by atoms with Crippen LogP contribution >= 0.6 is 0 Å². The van der Waals surface area contributed by atoms with Crippen molar-refractivity contribution < 1.29 is 19.1 Å². The lowest BCUT2D eigenvalue weighted by Gasteiger charge is -2.23. The van der Waals surface area contributed by atoms with Crippen molar-refractivity contribution >= 4 is 11.9 Å². The summed E-state index contributed by atoms with van der Waals surface area (Å²) in [6.07, 6.45) is 3.82. The Balaban J connectivity index is 2.21. The highest BCUT2D eigenvalue weighted by Crippen LogP contribution is 2.30. The molecule has 2 rings (SSSR count). The molecule has 0 aliphatic heterocycles. The Morgan fingerprint density at radius 1 is 0.955 bits per heavy atom. The van der Waals surface area contributed by atoms with Gasteiger partial charge in [0.05, 0.1) is 18.3 Å². The first kappa shape index (κ1) is 16.0. The predicted octanol–water partition coefficient (Wildman–Crippen LogP) is 3.04. The van der Waals surface area contributed by atoms with Gasteiger partial charge < -0.3 is 9.47 Å². The highest BCUT2D eigenvalue weighted by molar-refractivity contribution is 6.02. The van der Waals surface area contributed by atoms with E-state index in [2.05, 4.69) is 0 Å². The van der Waals surface area contributed by atoms with E-state index in [1.165, 1.54) is 7.11 Å². The molecule has 0 amide bonds. The van der Waals surface area contributed by atoms with Gasteiger partial charge in [-0.1, -0.05) is 56.3 Å². The summed E-state index contributed by atoms with van der Waals surface area (Å²) in [6.45, 7) is 3.91. The second-order valence-electron chi connectivity index (χ2n) is 5.34. The second kappa shape index (κ2) is 7.07. The summed E-state index contributed by atoms with van der Waals surface area (Å²) in [5, 5.41) is 0. The smallest absolute Gasteiger partial charge is 0.335 e. The van der Waals surface area contributed by atoms with Gasteiger partial charge in [0.15, 0.2) is 0 Å². The van der Waals surface area contributed by atoms with Gasteiger partial charge >= 0.3 is 11.9 Å². The number of rotatable bonds is 4. The zero-order chi connectivity index (χ0) is 16.1. The van der Waals surface area contributed by atoms with Crippen molar-refractivity contribution in [2.45, 2.75) is 20.5 Å². The Morgan fingerprint density at radius 3 is 2.05 bits per heavy atom. The van der Waals surface area contributed by atoms with Gasteiger partial charge in [-0.2, -0.15) is 0 Å². The molecule has 0 saturated heterocycles. The van der Waals surface area contributed by atoms with Gasteiger partial charge in [-0.15, -0.1) is 0 Å². The first-order chi connectivity index (χ1) is 10.5. The molecule has 2 atom stereocenters. The van der Waals surface area contributed by atoms with Gasteiger partial charge in [0.25, 0.3) is 0 Å². The van der Waals surface area contributed by atoms with E-state index in [1.54, 1.807) is 0 Å². The normalized spacial score (nSPS) is 20.7. The summed E-state index contributed by atoms with van der Waals surface area (Å²) in [7, 11) is 1.32. The Morgan fingerprint density at radius 2 is 1.50 bits per heavy atom. The molecule has 1 aromatic carbocycles. The molecule has 0 saturated carbocycles. The molecule has 4 heteroatoms. The monoisotopic (exact) mass is 300 g/mol. The summed E-state index contributed by atoms with van der Waals surface area (Å²) >= 11 is 0. The van der Waals surface area contributed by atoms with Crippen molar-refractivity contribution in [1.82, 2.24) is 0 Å². The number of hydrogen-bond acceptors (Lipinski definition) is 4. The predicted molar refractivity (Wildman–Crippen MR) is 82.7 cm³/mol. The van der Waals surface area contributed by atoms with E-state index in [-0.39, 0.29) is 18.4 Å². The van der Waals surface area contributed by atoms with Gasteiger partial charge in [0.2, 0.25) is 0 Å². The third-order valence-corrected chi connectivity index (χ3v) is 3.73. The van der Waals surface area contributed by atoms with Crippen LogP contribution in [0.1, 0.15) is 19.4 Å². The summed E-state index contributed by atoms with van der Waals surface area (Å²) in [6, 6.07) is 9.44. The van der Waals surface area contributed by atoms with Gasteiger partial charge in [-0.3, -0.25) is 0 Å². The Bertz CT molecular complexity index is 613. The number of esters is 2. The quantitative estimate of drug-likeness (QED) is 0.633. The van der Waals surface area contributed by atoms with Crippen molar-refractivity contribution in [3.63, 3.8) is 0 Å². The van der Waals surface area contributed by atoms with Crippen molar-refractivity contribution in [1.29, 1.82) is 0 Å². The van der Waals surface area contributed by atoms with Crippen molar-refractivity contribution in [3.05, 3.63) is 59.2 Å². The molecule has 1 aliphatic rings. The third kappa shape index (κ3) is 3.45. The maximum absolute atomic E-state index is 12.4. The standard InChI is InChI=1S/C18H20O4/c1-12-9-10-13(2)16(15(12)17(19)21-3)18(20)22-11-14-7-5-4-6-8-14/h4-10,12-13H,11H2,1-3H3/t12-,13+/m0/s1. The third-order valence-electron chi connectivity index (χ3n) is 3.73.